The fourth-order valence-electron chi connectivity index (χ4n) is 2.04. The molecule has 1 amide bonds. The number of methoxy groups -OCH3 is 1. The summed E-state index contributed by atoms with van der Waals surface area (Å²) in [5, 5.41) is 6.60. The molecule has 5 nitrogen and oxygen atoms in total. The molecule has 0 aromatic heterocycles. The molecule has 126 valence electrons. The third kappa shape index (κ3) is 4.63. The Morgan fingerprint density at radius 1 is 1.04 bits per heavy atom. The van der Waals surface area contributed by atoms with Crippen molar-refractivity contribution in [2.24, 2.45) is 0 Å². The van der Waals surface area contributed by atoms with Gasteiger partial charge in [0.25, 0.3) is 0 Å². The van der Waals surface area contributed by atoms with E-state index in [0.717, 1.165) is 0 Å². The van der Waals surface area contributed by atoms with Crippen LogP contribution in [-0.2, 0) is 9.53 Å². The second kappa shape index (κ2) is 8.57. The summed E-state index contributed by atoms with van der Waals surface area (Å²) in [5.41, 5.74) is 1.38. The molecule has 24 heavy (non-hydrogen) atoms. The van der Waals surface area contributed by atoms with Crippen molar-refractivity contribution in [1.82, 2.24) is 0 Å². The van der Waals surface area contributed by atoms with Crippen LogP contribution in [0.4, 0.5) is 11.4 Å². The molecule has 0 bridgehead atoms. The quantitative estimate of drug-likeness (QED) is 0.751. The van der Waals surface area contributed by atoms with Gasteiger partial charge in [-0.25, -0.2) is 4.79 Å². The van der Waals surface area contributed by atoms with Crippen molar-refractivity contribution < 1.29 is 14.3 Å². The van der Waals surface area contributed by atoms with Gasteiger partial charge in [-0.3, -0.25) is 4.79 Å². The van der Waals surface area contributed by atoms with E-state index in [1.54, 1.807) is 42.5 Å². The minimum atomic E-state index is -0.505. The maximum atomic E-state index is 12.1. The largest absolute Gasteiger partial charge is 0.465 e. The van der Waals surface area contributed by atoms with Crippen molar-refractivity contribution >= 4 is 46.5 Å². The van der Waals surface area contributed by atoms with Crippen molar-refractivity contribution in [3.05, 3.63) is 58.1 Å². The minimum absolute atomic E-state index is 0.193. The maximum Gasteiger partial charge on any atom is 0.339 e. The standard InChI is InChI=1S/C17H16Cl2N2O3/c1-24-17(23)11-5-2-3-7-13(11)21-15(22)9-10-20-14-8-4-6-12(18)16(14)19/h2-8,20H,9-10H2,1H3,(H,21,22). The van der Waals surface area contributed by atoms with Gasteiger partial charge < -0.3 is 15.4 Å². The topological polar surface area (TPSA) is 67.4 Å². The highest BCUT2D eigenvalue weighted by Crippen LogP contribution is 2.29. The summed E-state index contributed by atoms with van der Waals surface area (Å²) in [6.07, 6.45) is 0.193. The number of benzene rings is 2. The third-order valence-corrected chi connectivity index (χ3v) is 4.04. The first kappa shape index (κ1) is 18.1. The average molecular weight is 367 g/mol. The van der Waals surface area contributed by atoms with E-state index in [-0.39, 0.29) is 12.3 Å². The number of rotatable bonds is 6. The van der Waals surface area contributed by atoms with E-state index in [2.05, 4.69) is 10.6 Å². The number of esters is 1. The SMILES string of the molecule is COC(=O)c1ccccc1NC(=O)CCNc1cccc(Cl)c1Cl. The fourth-order valence-corrected chi connectivity index (χ4v) is 2.41. The zero-order valence-electron chi connectivity index (χ0n) is 12.9. The fraction of sp³-hybridized carbons (Fsp3) is 0.176. The molecule has 0 saturated heterocycles. The number of carbonyl (C=O) groups is 2. The Kier molecular flexibility index (Phi) is 6.46. The molecule has 0 saturated carbocycles. The highest BCUT2D eigenvalue weighted by atomic mass is 35.5. The van der Waals surface area contributed by atoms with Crippen molar-refractivity contribution in [1.29, 1.82) is 0 Å². The molecule has 0 spiro atoms. The average Bonchev–Trinajstić information content (AvgIpc) is 2.58. The predicted octanol–water partition coefficient (Wildman–Crippen LogP) is 4.22. The number of hydrogen-bond donors (Lipinski definition) is 2. The van der Waals surface area contributed by atoms with Crippen molar-refractivity contribution in [3.63, 3.8) is 0 Å². The van der Waals surface area contributed by atoms with Gasteiger partial charge in [0, 0.05) is 13.0 Å². The Balaban J connectivity index is 1.93. The number of halogens is 2. The summed E-state index contributed by atoms with van der Waals surface area (Å²) in [5.74, 6) is -0.744. The lowest BCUT2D eigenvalue weighted by Crippen LogP contribution is -2.18. The second-order valence-corrected chi connectivity index (χ2v) is 5.65. The van der Waals surface area contributed by atoms with Crippen LogP contribution < -0.4 is 10.6 Å². The first-order valence-electron chi connectivity index (χ1n) is 7.18. The molecule has 0 aliphatic rings. The normalized spacial score (nSPS) is 10.1. The lowest BCUT2D eigenvalue weighted by atomic mass is 10.1. The summed E-state index contributed by atoms with van der Waals surface area (Å²) < 4.78 is 4.69. The highest BCUT2D eigenvalue weighted by molar-refractivity contribution is 6.43. The van der Waals surface area contributed by atoms with Crippen LogP contribution in [0, 0.1) is 0 Å². The summed E-state index contributed by atoms with van der Waals surface area (Å²) in [7, 11) is 1.29. The number of ether oxygens (including phenoxy) is 1. The third-order valence-electron chi connectivity index (χ3n) is 3.23. The molecule has 7 heteroatoms. The maximum absolute atomic E-state index is 12.1. The molecular formula is C17H16Cl2N2O3. The van der Waals surface area contributed by atoms with Gasteiger partial charge in [-0.15, -0.1) is 0 Å². The molecule has 0 aliphatic carbocycles. The lowest BCUT2D eigenvalue weighted by molar-refractivity contribution is -0.115. The van der Waals surface area contributed by atoms with Gasteiger partial charge in [0.15, 0.2) is 0 Å². The monoisotopic (exact) mass is 366 g/mol. The van der Waals surface area contributed by atoms with Gasteiger partial charge in [0.05, 0.1) is 34.1 Å². The van der Waals surface area contributed by atoms with Crippen molar-refractivity contribution in [2.75, 3.05) is 24.3 Å². The molecule has 0 radical (unpaired) electrons. The van der Waals surface area contributed by atoms with Crippen LogP contribution in [0.2, 0.25) is 10.0 Å². The predicted molar refractivity (Wildman–Crippen MR) is 96.0 cm³/mol. The van der Waals surface area contributed by atoms with Crippen LogP contribution >= 0.6 is 23.2 Å². The molecule has 2 N–H and O–H groups in total. The summed E-state index contributed by atoms with van der Waals surface area (Å²) in [4.78, 5) is 23.7. The Bertz CT molecular complexity index is 750. The van der Waals surface area contributed by atoms with Crippen LogP contribution in [0.5, 0.6) is 0 Å². The van der Waals surface area contributed by atoms with E-state index in [0.29, 0.717) is 33.5 Å². The zero-order valence-corrected chi connectivity index (χ0v) is 14.4. The van der Waals surface area contributed by atoms with E-state index in [1.807, 2.05) is 0 Å². The molecule has 2 aromatic carbocycles. The number of para-hydroxylation sites is 1. The second-order valence-electron chi connectivity index (χ2n) is 4.86. The molecular weight excluding hydrogens is 351 g/mol. The van der Waals surface area contributed by atoms with Crippen molar-refractivity contribution in [2.45, 2.75) is 6.42 Å². The van der Waals surface area contributed by atoms with Gasteiger partial charge in [0.2, 0.25) is 5.91 Å². The lowest BCUT2D eigenvalue weighted by Gasteiger charge is -2.11. The molecule has 2 aromatic rings. The summed E-state index contributed by atoms with van der Waals surface area (Å²) in [6, 6.07) is 11.9. The Labute approximate surface area is 149 Å². The minimum Gasteiger partial charge on any atom is -0.465 e. The number of nitrogens with one attached hydrogen (secondary N) is 2. The highest BCUT2D eigenvalue weighted by Gasteiger charge is 2.13. The van der Waals surface area contributed by atoms with Gasteiger partial charge in [-0.05, 0) is 24.3 Å². The van der Waals surface area contributed by atoms with E-state index < -0.39 is 5.97 Å². The van der Waals surface area contributed by atoms with Gasteiger partial charge in [0.1, 0.15) is 0 Å². The summed E-state index contributed by atoms with van der Waals surface area (Å²) in [6.45, 7) is 0.367. The van der Waals surface area contributed by atoms with Gasteiger partial charge in [-0.1, -0.05) is 41.4 Å². The van der Waals surface area contributed by atoms with Crippen LogP contribution in [0.15, 0.2) is 42.5 Å². The smallest absolute Gasteiger partial charge is 0.339 e. The van der Waals surface area contributed by atoms with Crippen LogP contribution in [0.25, 0.3) is 0 Å². The molecule has 0 unspecified atom stereocenters. The van der Waals surface area contributed by atoms with Gasteiger partial charge in [-0.2, -0.15) is 0 Å². The number of amides is 1. The summed E-state index contributed by atoms with van der Waals surface area (Å²) >= 11 is 12.0. The van der Waals surface area contributed by atoms with E-state index in [4.69, 9.17) is 27.9 Å². The number of hydrogen-bond acceptors (Lipinski definition) is 4. The molecule has 0 atom stereocenters. The molecule has 2 rings (SSSR count). The zero-order chi connectivity index (χ0) is 17.5. The first-order valence-corrected chi connectivity index (χ1v) is 7.93. The first-order chi connectivity index (χ1) is 11.5. The van der Waals surface area contributed by atoms with Crippen LogP contribution in [-0.4, -0.2) is 25.5 Å². The van der Waals surface area contributed by atoms with E-state index in [1.165, 1.54) is 7.11 Å². The molecule has 0 aliphatic heterocycles. The van der Waals surface area contributed by atoms with Crippen LogP contribution in [0.3, 0.4) is 0 Å². The molecule has 0 fully saturated rings. The van der Waals surface area contributed by atoms with Gasteiger partial charge >= 0.3 is 5.97 Å². The number of carbonyl (C=O) groups excluding carboxylic acids is 2. The Morgan fingerprint density at radius 2 is 1.75 bits per heavy atom. The van der Waals surface area contributed by atoms with Crippen LogP contribution in [0.1, 0.15) is 16.8 Å². The van der Waals surface area contributed by atoms with E-state index in [9.17, 15) is 9.59 Å². The van der Waals surface area contributed by atoms with E-state index >= 15 is 0 Å². The Hall–Kier alpha value is -2.24. The Morgan fingerprint density at radius 3 is 2.50 bits per heavy atom. The molecule has 0 heterocycles. The number of anilines is 2. The van der Waals surface area contributed by atoms with Crippen molar-refractivity contribution in [3.8, 4) is 0 Å².